The van der Waals surface area contributed by atoms with Crippen LogP contribution in [0.15, 0.2) is 23.2 Å². The summed E-state index contributed by atoms with van der Waals surface area (Å²) < 4.78 is 0. The zero-order chi connectivity index (χ0) is 8.55. The van der Waals surface area contributed by atoms with E-state index in [1.807, 2.05) is 12.1 Å². The van der Waals surface area contributed by atoms with Gasteiger partial charge in [0.05, 0.1) is 6.54 Å². The minimum atomic E-state index is 0.508. The van der Waals surface area contributed by atoms with Crippen LogP contribution in [0.5, 0.6) is 0 Å². The number of hydrogen-bond acceptors (Lipinski definition) is 3. The zero-order valence-corrected chi connectivity index (χ0v) is 6.96. The van der Waals surface area contributed by atoms with Crippen LogP contribution in [0, 0.1) is 6.92 Å². The summed E-state index contributed by atoms with van der Waals surface area (Å²) in [6.07, 6.45) is 0. The van der Waals surface area contributed by atoms with Gasteiger partial charge in [0, 0.05) is 11.3 Å². The fourth-order valence-corrected chi connectivity index (χ4v) is 1.37. The number of anilines is 1. The molecular formula is C9H11N3. The minimum absolute atomic E-state index is 0.508. The van der Waals surface area contributed by atoms with E-state index in [4.69, 9.17) is 5.73 Å². The van der Waals surface area contributed by atoms with Crippen molar-refractivity contribution < 1.29 is 0 Å². The molecule has 12 heavy (non-hydrogen) atoms. The first kappa shape index (κ1) is 7.16. The molecule has 0 saturated heterocycles. The van der Waals surface area contributed by atoms with Gasteiger partial charge in [0.25, 0.3) is 0 Å². The van der Waals surface area contributed by atoms with Crippen LogP contribution < -0.4 is 11.1 Å². The minimum Gasteiger partial charge on any atom is -0.370 e. The monoisotopic (exact) mass is 161 g/mol. The lowest BCUT2D eigenvalue weighted by Crippen LogP contribution is -2.26. The van der Waals surface area contributed by atoms with Crippen LogP contribution in [-0.4, -0.2) is 5.96 Å². The number of rotatable bonds is 0. The molecule has 1 aromatic rings. The maximum absolute atomic E-state index is 5.54. The van der Waals surface area contributed by atoms with Gasteiger partial charge in [-0.1, -0.05) is 12.1 Å². The Morgan fingerprint density at radius 2 is 2.33 bits per heavy atom. The van der Waals surface area contributed by atoms with Crippen LogP contribution in [0.4, 0.5) is 5.69 Å². The maximum Gasteiger partial charge on any atom is 0.193 e. The standard InChI is InChI=1S/C9H11N3/c1-6-3-2-4-8-7(6)5-11-9(10)12-8/h2-4H,5H2,1H3,(H3,10,11,12). The summed E-state index contributed by atoms with van der Waals surface area (Å²) in [7, 11) is 0. The highest BCUT2D eigenvalue weighted by Gasteiger charge is 2.09. The molecule has 0 saturated carbocycles. The molecular weight excluding hydrogens is 150 g/mol. The van der Waals surface area contributed by atoms with Crippen molar-refractivity contribution in [2.24, 2.45) is 10.7 Å². The van der Waals surface area contributed by atoms with Crippen molar-refractivity contribution in [2.75, 3.05) is 5.32 Å². The number of aryl methyl sites for hydroxylation is 1. The van der Waals surface area contributed by atoms with E-state index in [1.54, 1.807) is 0 Å². The molecule has 0 radical (unpaired) electrons. The van der Waals surface area contributed by atoms with Crippen LogP contribution >= 0.6 is 0 Å². The molecule has 1 aromatic carbocycles. The lowest BCUT2D eigenvalue weighted by Gasteiger charge is -2.17. The molecule has 0 aromatic heterocycles. The van der Waals surface area contributed by atoms with E-state index in [0.717, 1.165) is 5.69 Å². The van der Waals surface area contributed by atoms with E-state index in [1.165, 1.54) is 11.1 Å². The SMILES string of the molecule is Cc1cccc2c1CN=C(N)N2. The highest BCUT2D eigenvalue weighted by molar-refractivity contribution is 5.94. The second-order valence-corrected chi connectivity index (χ2v) is 2.93. The number of aliphatic imine (C=N–C) groups is 1. The van der Waals surface area contributed by atoms with Gasteiger partial charge in [-0.2, -0.15) is 0 Å². The Labute approximate surface area is 71.3 Å². The predicted molar refractivity (Wildman–Crippen MR) is 50.1 cm³/mol. The van der Waals surface area contributed by atoms with Crippen LogP contribution in [0.25, 0.3) is 0 Å². The molecule has 0 atom stereocenters. The normalized spacial score (nSPS) is 14.6. The van der Waals surface area contributed by atoms with Gasteiger partial charge in [0.2, 0.25) is 0 Å². The molecule has 0 amide bonds. The van der Waals surface area contributed by atoms with Gasteiger partial charge in [-0.15, -0.1) is 0 Å². The van der Waals surface area contributed by atoms with Gasteiger partial charge < -0.3 is 11.1 Å². The first-order chi connectivity index (χ1) is 5.77. The molecule has 62 valence electrons. The van der Waals surface area contributed by atoms with Gasteiger partial charge in [0.1, 0.15) is 0 Å². The lowest BCUT2D eigenvalue weighted by molar-refractivity contribution is 1.02. The lowest BCUT2D eigenvalue weighted by atomic mass is 10.1. The van der Waals surface area contributed by atoms with Gasteiger partial charge in [-0.05, 0) is 18.6 Å². The summed E-state index contributed by atoms with van der Waals surface area (Å²) in [5.41, 5.74) is 9.13. The second kappa shape index (κ2) is 2.52. The van der Waals surface area contributed by atoms with E-state index in [-0.39, 0.29) is 0 Å². The first-order valence-corrected chi connectivity index (χ1v) is 3.93. The van der Waals surface area contributed by atoms with E-state index < -0.39 is 0 Å². The van der Waals surface area contributed by atoms with Crippen LogP contribution in [0.1, 0.15) is 11.1 Å². The summed E-state index contributed by atoms with van der Waals surface area (Å²) in [5.74, 6) is 0.508. The fraction of sp³-hybridized carbons (Fsp3) is 0.222. The molecule has 1 heterocycles. The van der Waals surface area contributed by atoms with Crippen molar-refractivity contribution in [2.45, 2.75) is 13.5 Å². The summed E-state index contributed by atoms with van der Waals surface area (Å²) in [4.78, 5) is 4.12. The van der Waals surface area contributed by atoms with E-state index in [2.05, 4.69) is 23.3 Å². The van der Waals surface area contributed by atoms with Gasteiger partial charge >= 0.3 is 0 Å². The Kier molecular flexibility index (Phi) is 1.50. The Balaban J connectivity index is 2.49. The smallest absolute Gasteiger partial charge is 0.193 e. The van der Waals surface area contributed by atoms with E-state index in [9.17, 15) is 0 Å². The van der Waals surface area contributed by atoms with Gasteiger partial charge in [-0.3, -0.25) is 0 Å². The average molecular weight is 161 g/mol. The zero-order valence-electron chi connectivity index (χ0n) is 6.96. The van der Waals surface area contributed by atoms with E-state index in [0.29, 0.717) is 12.5 Å². The first-order valence-electron chi connectivity index (χ1n) is 3.93. The number of nitrogens with zero attached hydrogens (tertiary/aromatic N) is 1. The number of hydrogen-bond donors (Lipinski definition) is 2. The topological polar surface area (TPSA) is 50.4 Å². The van der Waals surface area contributed by atoms with Gasteiger partial charge in [-0.25, -0.2) is 4.99 Å². The maximum atomic E-state index is 5.54. The third kappa shape index (κ3) is 1.03. The summed E-state index contributed by atoms with van der Waals surface area (Å²) in [6.45, 7) is 2.78. The highest BCUT2D eigenvalue weighted by atomic mass is 15.1. The summed E-state index contributed by atoms with van der Waals surface area (Å²) >= 11 is 0. The molecule has 0 spiro atoms. The highest BCUT2D eigenvalue weighted by Crippen LogP contribution is 2.22. The van der Waals surface area contributed by atoms with Crippen molar-refractivity contribution in [3.8, 4) is 0 Å². The van der Waals surface area contributed by atoms with Crippen LogP contribution in [0.2, 0.25) is 0 Å². The molecule has 3 heteroatoms. The summed E-state index contributed by atoms with van der Waals surface area (Å²) in [5, 5.41) is 3.03. The number of nitrogens with one attached hydrogen (secondary N) is 1. The average Bonchev–Trinajstić information content (AvgIpc) is 2.04. The van der Waals surface area contributed by atoms with Crippen molar-refractivity contribution >= 4 is 11.6 Å². The van der Waals surface area contributed by atoms with Crippen molar-refractivity contribution in [3.63, 3.8) is 0 Å². The van der Waals surface area contributed by atoms with Crippen LogP contribution in [0.3, 0.4) is 0 Å². The predicted octanol–water partition coefficient (Wildman–Crippen LogP) is 1.24. The van der Waals surface area contributed by atoms with Crippen molar-refractivity contribution in [1.82, 2.24) is 0 Å². The van der Waals surface area contributed by atoms with Gasteiger partial charge in [0.15, 0.2) is 5.96 Å². The molecule has 0 bridgehead atoms. The molecule has 0 unspecified atom stereocenters. The number of nitrogens with two attached hydrogens (primary N) is 1. The number of benzene rings is 1. The van der Waals surface area contributed by atoms with Crippen molar-refractivity contribution in [1.29, 1.82) is 0 Å². The van der Waals surface area contributed by atoms with Crippen molar-refractivity contribution in [3.05, 3.63) is 29.3 Å². The molecule has 2 rings (SSSR count). The van der Waals surface area contributed by atoms with Crippen LogP contribution in [-0.2, 0) is 6.54 Å². The summed E-state index contributed by atoms with van der Waals surface area (Å²) in [6, 6.07) is 6.11. The third-order valence-electron chi connectivity index (χ3n) is 2.08. The molecule has 3 N–H and O–H groups in total. The molecule has 0 aliphatic carbocycles. The molecule has 1 aliphatic rings. The Bertz CT molecular complexity index is 342. The molecule has 1 aliphatic heterocycles. The molecule has 3 nitrogen and oxygen atoms in total. The Morgan fingerprint density at radius 3 is 3.17 bits per heavy atom. The second-order valence-electron chi connectivity index (χ2n) is 2.93. The number of guanidine groups is 1. The number of fused-ring (bicyclic) bond motifs is 1. The quantitative estimate of drug-likeness (QED) is 0.601. The fourth-order valence-electron chi connectivity index (χ4n) is 1.37. The largest absolute Gasteiger partial charge is 0.370 e. The molecule has 0 fully saturated rings. The Hall–Kier alpha value is -1.51. The Morgan fingerprint density at radius 1 is 1.50 bits per heavy atom. The van der Waals surface area contributed by atoms with E-state index >= 15 is 0 Å². The third-order valence-corrected chi connectivity index (χ3v) is 2.08.